The van der Waals surface area contributed by atoms with E-state index in [-0.39, 0.29) is 0 Å². The Balaban J connectivity index is 2.98. The van der Waals surface area contributed by atoms with Gasteiger partial charge in [0.15, 0.2) is 0 Å². The fourth-order valence-corrected chi connectivity index (χ4v) is 0.995. The summed E-state index contributed by atoms with van der Waals surface area (Å²) in [4.78, 5) is 0. The van der Waals surface area contributed by atoms with Crippen molar-refractivity contribution in [2.45, 2.75) is 19.4 Å². The summed E-state index contributed by atoms with van der Waals surface area (Å²) >= 11 is 0. The van der Waals surface area contributed by atoms with E-state index in [0.29, 0.717) is 11.4 Å². The van der Waals surface area contributed by atoms with Crippen molar-refractivity contribution in [3.05, 3.63) is 24.0 Å². The molecule has 0 fully saturated rings. The molecule has 56 valence electrons. The molecule has 3 N–H and O–H groups in total. The van der Waals surface area contributed by atoms with Crippen LogP contribution in [-0.4, -0.2) is 15.8 Å². The van der Waals surface area contributed by atoms with E-state index in [2.05, 4.69) is 6.58 Å². The SMILES string of the molecule is C=C1C(N)=CC(C)(C)N1O. The van der Waals surface area contributed by atoms with E-state index >= 15 is 0 Å². The third-order valence-electron chi connectivity index (χ3n) is 1.64. The molecule has 10 heavy (non-hydrogen) atoms. The van der Waals surface area contributed by atoms with Crippen molar-refractivity contribution in [2.24, 2.45) is 5.73 Å². The van der Waals surface area contributed by atoms with Gasteiger partial charge in [-0.1, -0.05) is 6.58 Å². The number of nitrogens with zero attached hydrogens (tertiary/aromatic N) is 1. The molecule has 0 aromatic rings. The van der Waals surface area contributed by atoms with Gasteiger partial charge in [-0.05, 0) is 19.9 Å². The Labute approximate surface area is 60.4 Å². The summed E-state index contributed by atoms with van der Waals surface area (Å²) in [6, 6.07) is 0. The van der Waals surface area contributed by atoms with Crippen LogP contribution in [0.4, 0.5) is 0 Å². The molecule has 0 aromatic carbocycles. The maximum absolute atomic E-state index is 9.30. The lowest BCUT2D eigenvalue weighted by atomic mass is 10.1. The molecule has 3 heteroatoms. The highest BCUT2D eigenvalue weighted by atomic mass is 16.5. The van der Waals surface area contributed by atoms with Gasteiger partial charge in [-0.25, -0.2) is 5.06 Å². The topological polar surface area (TPSA) is 49.5 Å². The molecule has 0 aliphatic carbocycles. The Hall–Kier alpha value is -0.960. The van der Waals surface area contributed by atoms with Gasteiger partial charge < -0.3 is 5.73 Å². The monoisotopic (exact) mass is 140 g/mol. The van der Waals surface area contributed by atoms with Gasteiger partial charge in [-0.15, -0.1) is 0 Å². The summed E-state index contributed by atoms with van der Waals surface area (Å²) in [6.45, 7) is 7.31. The van der Waals surface area contributed by atoms with Crippen LogP contribution in [0, 0.1) is 0 Å². The molecule has 1 aliphatic rings. The lowest BCUT2D eigenvalue weighted by molar-refractivity contribution is -0.100. The van der Waals surface area contributed by atoms with Gasteiger partial charge in [-0.2, -0.15) is 0 Å². The Morgan fingerprint density at radius 1 is 1.70 bits per heavy atom. The molecule has 0 radical (unpaired) electrons. The van der Waals surface area contributed by atoms with Crippen LogP contribution in [-0.2, 0) is 0 Å². The molecular formula is C7H12N2O. The van der Waals surface area contributed by atoms with E-state index in [1.165, 1.54) is 0 Å². The van der Waals surface area contributed by atoms with Crippen LogP contribution in [0.5, 0.6) is 0 Å². The van der Waals surface area contributed by atoms with E-state index in [9.17, 15) is 5.21 Å². The molecule has 1 rings (SSSR count). The van der Waals surface area contributed by atoms with E-state index < -0.39 is 5.54 Å². The Bertz CT molecular complexity index is 206. The Kier molecular flexibility index (Phi) is 1.26. The smallest absolute Gasteiger partial charge is 0.0819 e. The number of hydroxylamine groups is 2. The Morgan fingerprint density at radius 2 is 2.20 bits per heavy atom. The number of hydrogen-bond donors (Lipinski definition) is 2. The first-order chi connectivity index (χ1) is 4.45. The summed E-state index contributed by atoms with van der Waals surface area (Å²) in [5, 5.41) is 10.4. The zero-order valence-electron chi connectivity index (χ0n) is 6.26. The molecule has 0 spiro atoms. The largest absolute Gasteiger partial charge is 0.397 e. The predicted octanol–water partition coefficient (Wildman–Crippen LogP) is 0.826. The summed E-state index contributed by atoms with van der Waals surface area (Å²) in [6.07, 6.45) is 1.77. The highest BCUT2D eigenvalue weighted by molar-refractivity contribution is 5.34. The minimum absolute atomic E-state index is 0.402. The fourth-order valence-electron chi connectivity index (χ4n) is 0.995. The van der Waals surface area contributed by atoms with Crippen molar-refractivity contribution in [1.82, 2.24) is 5.06 Å². The summed E-state index contributed by atoms with van der Waals surface area (Å²) in [7, 11) is 0. The van der Waals surface area contributed by atoms with Crippen molar-refractivity contribution in [1.29, 1.82) is 0 Å². The van der Waals surface area contributed by atoms with Crippen LogP contribution >= 0.6 is 0 Å². The van der Waals surface area contributed by atoms with Gasteiger partial charge in [0.05, 0.1) is 16.9 Å². The molecule has 0 unspecified atom stereocenters. The minimum Gasteiger partial charge on any atom is -0.397 e. The molecule has 1 heterocycles. The summed E-state index contributed by atoms with van der Waals surface area (Å²) in [5.41, 5.74) is 6.13. The van der Waals surface area contributed by atoms with Crippen LogP contribution in [0.1, 0.15) is 13.8 Å². The zero-order valence-corrected chi connectivity index (χ0v) is 6.26. The molecular weight excluding hydrogens is 128 g/mol. The first-order valence-electron chi connectivity index (χ1n) is 3.12. The second-order valence-electron chi connectivity index (χ2n) is 3.01. The molecule has 0 saturated heterocycles. The molecule has 0 saturated carbocycles. The molecule has 3 nitrogen and oxygen atoms in total. The third kappa shape index (κ3) is 0.789. The second-order valence-corrected chi connectivity index (χ2v) is 3.01. The Morgan fingerprint density at radius 3 is 2.30 bits per heavy atom. The first-order valence-corrected chi connectivity index (χ1v) is 3.12. The van der Waals surface area contributed by atoms with Gasteiger partial charge in [0.1, 0.15) is 0 Å². The lowest BCUT2D eigenvalue weighted by Gasteiger charge is -2.26. The quantitative estimate of drug-likeness (QED) is 0.524. The maximum atomic E-state index is 9.30. The third-order valence-corrected chi connectivity index (χ3v) is 1.64. The summed E-state index contributed by atoms with van der Waals surface area (Å²) in [5.74, 6) is 0. The number of hydrogen-bond acceptors (Lipinski definition) is 3. The summed E-state index contributed by atoms with van der Waals surface area (Å²) < 4.78 is 0. The van der Waals surface area contributed by atoms with Crippen molar-refractivity contribution in [3.8, 4) is 0 Å². The lowest BCUT2D eigenvalue weighted by Crippen LogP contribution is -2.34. The molecule has 0 atom stereocenters. The van der Waals surface area contributed by atoms with E-state index in [1.54, 1.807) is 6.08 Å². The van der Waals surface area contributed by atoms with Crippen LogP contribution in [0.3, 0.4) is 0 Å². The van der Waals surface area contributed by atoms with E-state index in [0.717, 1.165) is 5.06 Å². The highest BCUT2D eigenvalue weighted by Gasteiger charge is 2.31. The van der Waals surface area contributed by atoms with Gasteiger partial charge in [0.25, 0.3) is 0 Å². The average Bonchev–Trinajstić information content (AvgIpc) is 1.95. The second kappa shape index (κ2) is 1.76. The maximum Gasteiger partial charge on any atom is 0.0819 e. The standard InChI is InChI=1S/C7H12N2O/c1-5-6(8)4-7(2,3)9(5)10/h4,10H,1,8H2,2-3H3. The van der Waals surface area contributed by atoms with E-state index in [1.807, 2.05) is 13.8 Å². The molecule has 1 aliphatic heterocycles. The van der Waals surface area contributed by atoms with Crippen molar-refractivity contribution >= 4 is 0 Å². The molecule has 0 amide bonds. The van der Waals surface area contributed by atoms with E-state index in [4.69, 9.17) is 5.73 Å². The number of rotatable bonds is 0. The normalized spacial score (nSPS) is 23.3. The molecule has 0 aromatic heterocycles. The predicted molar refractivity (Wildman–Crippen MR) is 39.1 cm³/mol. The van der Waals surface area contributed by atoms with Gasteiger partial charge >= 0.3 is 0 Å². The van der Waals surface area contributed by atoms with Crippen LogP contribution in [0.25, 0.3) is 0 Å². The van der Waals surface area contributed by atoms with Crippen molar-refractivity contribution in [2.75, 3.05) is 0 Å². The van der Waals surface area contributed by atoms with Crippen molar-refractivity contribution in [3.63, 3.8) is 0 Å². The molecule has 0 bridgehead atoms. The minimum atomic E-state index is -0.402. The average molecular weight is 140 g/mol. The van der Waals surface area contributed by atoms with Gasteiger partial charge in [-0.3, -0.25) is 5.21 Å². The highest BCUT2D eigenvalue weighted by Crippen LogP contribution is 2.28. The number of nitrogens with two attached hydrogens (primary N) is 1. The van der Waals surface area contributed by atoms with Crippen molar-refractivity contribution < 1.29 is 5.21 Å². The van der Waals surface area contributed by atoms with Crippen LogP contribution in [0.2, 0.25) is 0 Å². The van der Waals surface area contributed by atoms with Gasteiger partial charge in [0.2, 0.25) is 0 Å². The first kappa shape index (κ1) is 7.15. The zero-order chi connectivity index (χ0) is 7.94. The van der Waals surface area contributed by atoms with Crippen LogP contribution < -0.4 is 5.73 Å². The van der Waals surface area contributed by atoms with Crippen LogP contribution in [0.15, 0.2) is 24.0 Å². The van der Waals surface area contributed by atoms with Gasteiger partial charge in [0, 0.05) is 0 Å². The fraction of sp³-hybridized carbons (Fsp3) is 0.429.